The van der Waals surface area contributed by atoms with E-state index in [1.807, 2.05) is 18.4 Å². The number of ketones is 1. The van der Waals surface area contributed by atoms with Crippen molar-refractivity contribution < 1.29 is 4.79 Å². The topological polar surface area (TPSA) is 52.0 Å². The maximum Gasteiger partial charge on any atom is 0.272 e. The van der Waals surface area contributed by atoms with E-state index in [0.29, 0.717) is 32.5 Å². The van der Waals surface area contributed by atoms with Gasteiger partial charge in [-0.3, -0.25) is 14.2 Å². The standard InChI is InChI=1S/C16H13ClN2O2S2/c1-2-19-15(21)14-12(7-8-22-14)18-16(19)23-9-13(20)10-3-5-11(17)6-4-10/h3-8H,2,9H2,1H3. The number of benzene rings is 1. The van der Waals surface area contributed by atoms with Crippen LogP contribution in [0.15, 0.2) is 45.7 Å². The summed E-state index contributed by atoms with van der Waals surface area (Å²) in [4.78, 5) is 29.2. The van der Waals surface area contributed by atoms with Gasteiger partial charge < -0.3 is 0 Å². The lowest BCUT2D eigenvalue weighted by Crippen LogP contribution is -2.22. The normalized spacial score (nSPS) is 11.0. The van der Waals surface area contributed by atoms with Crippen LogP contribution < -0.4 is 5.56 Å². The smallest absolute Gasteiger partial charge is 0.272 e. The van der Waals surface area contributed by atoms with Gasteiger partial charge in [0.1, 0.15) is 4.70 Å². The minimum absolute atomic E-state index is 0.0195. The molecule has 0 saturated heterocycles. The van der Waals surface area contributed by atoms with Gasteiger partial charge in [0.25, 0.3) is 5.56 Å². The second-order valence-corrected chi connectivity index (χ2v) is 7.09. The van der Waals surface area contributed by atoms with Gasteiger partial charge in [-0.05, 0) is 42.6 Å². The van der Waals surface area contributed by atoms with Crippen LogP contribution in [0.25, 0.3) is 10.2 Å². The van der Waals surface area contributed by atoms with Crippen molar-refractivity contribution in [2.24, 2.45) is 0 Å². The lowest BCUT2D eigenvalue weighted by molar-refractivity contribution is 0.102. The van der Waals surface area contributed by atoms with Crippen molar-refractivity contribution in [3.63, 3.8) is 0 Å². The third-order valence-electron chi connectivity index (χ3n) is 3.35. The molecule has 0 fully saturated rings. The van der Waals surface area contributed by atoms with Crippen LogP contribution in [0.4, 0.5) is 0 Å². The van der Waals surface area contributed by atoms with E-state index in [-0.39, 0.29) is 17.1 Å². The molecule has 0 spiro atoms. The first kappa shape index (κ1) is 16.2. The summed E-state index contributed by atoms with van der Waals surface area (Å²) in [6.07, 6.45) is 0. The molecule has 0 aliphatic carbocycles. The van der Waals surface area contributed by atoms with Gasteiger partial charge in [0.05, 0.1) is 11.3 Å². The molecule has 7 heteroatoms. The molecule has 4 nitrogen and oxygen atoms in total. The Morgan fingerprint density at radius 2 is 2.04 bits per heavy atom. The number of aromatic nitrogens is 2. The van der Waals surface area contributed by atoms with Gasteiger partial charge in [-0.25, -0.2) is 4.98 Å². The Labute approximate surface area is 146 Å². The number of hydrogen-bond donors (Lipinski definition) is 0. The second-order valence-electron chi connectivity index (χ2n) is 4.80. The van der Waals surface area contributed by atoms with Crippen LogP contribution in [0.2, 0.25) is 5.02 Å². The molecule has 0 N–H and O–H groups in total. The van der Waals surface area contributed by atoms with Crippen LogP contribution in [0.5, 0.6) is 0 Å². The van der Waals surface area contributed by atoms with Gasteiger partial charge in [-0.2, -0.15) is 0 Å². The minimum atomic E-state index is -0.0473. The number of hydrogen-bond acceptors (Lipinski definition) is 5. The lowest BCUT2D eigenvalue weighted by Gasteiger charge is -2.09. The number of Topliss-reactive ketones (excluding diaryl/α,β-unsaturated/α-hetero) is 1. The third-order valence-corrected chi connectivity index (χ3v) is 5.47. The summed E-state index contributed by atoms with van der Waals surface area (Å²) in [7, 11) is 0. The molecular formula is C16H13ClN2O2S2. The number of halogens is 1. The first-order chi connectivity index (χ1) is 11.1. The fraction of sp³-hybridized carbons (Fsp3) is 0.188. The molecule has 2 aromatic heterocycles. The van der Waals surface area contributed by atoms with E-state index >= 15 is 0 Å². The first-order valence-corrected chi connectivity index (χ1v) is 9.24. The van der Waals surface area contributed by atoms with Crippen molar-refractivity contribution >= 4 is 50.7 Å². The zero-order valence-corrected chi connectivity index (χ0v) is 14.7. The van der Waals surface area contributed by atoms with E-state index in [1.54, 1.807) is 28.8 Å². The SMILES string of the molecule is CCn1c(SCC(=O)c2ccc(Cl)cc2)nc2ccsc2c1=O. The quantitative estimate of drug-likeness (QED) is 0.388. The van der Waals surface area contributed by atoms with Crippen molar-refractivity contribution in [2.75, 3.05) is 5.75 Å². The highest BCUT2D eigenvalue weighted by Gasteiger charge is 2.14. The van der Waals surface area contributed by atoms with Crippen LogP contribution in [0.1, 0.15) is 17.3 Å². The molecular weight excluding hydrogens is 352 g/mol. The van der Waals surface area contributed by atoms with Gasteiger partial charge in [-0.15, -0.1) is 11.3 Å². The molecule has 0 atom stereocenters. The molecule has 0 radical (unpaired) electrons. The summed E-state index contributed by atoms with van der Waals surface area (Å²) in [6.45, 7) is 2.42. The van der Waals surface area contributed by atoms with Gasteiger partial charge in [-0.1, -0.05) is 23.4 Å². The van der Waals surface area contributed by atoms with Gasteiger partial charge in [0.2, 0.25) is 0 Å². The maximum atomic E-state index is 12.4. The Morgan fingerprint density at radius 1 is 1.30 bits per heavy atom. The molecule has 2 heterocycles. The summed E-state index contributed by atoms with van der Waals surface area (Å²) >= 11 is 8.50. The van der Waals surface area contributed by atoms with E-state index in [0.717, 1.165) is 0 Å². The van der Waals surface area contributed by atoms with E-state index in [9.17, 15) is 9.59 Å². The zero-order valence-electron chi connectivity index (χ0n) is 12.3. The van der Waals surface area contributed by atoms with Gasteiger partial charge >= 0.3 is 0 Å². The number of carbonyl (C=O) groups is 1. The highest BCUT2D eigenvalue weighted by molar-refractivity contribution is 7.99. The number of thioether (sulfide) groups is 1. The molecule has 1 aromatic carbocycles. The highest BCUT2D eigenvalue weighted by atomic mass is 35.5. The molecule has 0 aliphatic rings. The Morgan fingerprint density at radius 3 is 2.74 bits per heavy atom. The fourth-order valence-corrected chi connectivity index (χ4v) is 4.02. The van der Waals surface area contributed by atoms with Crippen LogP contribution in [-0.2, 0) is 6.54 Å². The van der Waals surface area contributed by atoms with Crippen LogP contribution >= 0.6 is 34.7 Å². The monoisotopic (exact) mass is 364 g/mol. The van der Waals surface area contributed by atoms with Crippen molar-refractivity contribution in [1.82, 2.24) is 9.55 Å². The van der Waals surface area contributed by atoms with E-state index in [1.165, 1.54) is 23.1 Å². The second kappa shape index (κ2) is 6.86. The number of carbonyl (C=O) groups excluding carboxylic acids is 1. The van der Waals surface area contributed by atoms with Crippen molar-refractivity contribution in [2.45, 2.75) is 18.6 Å². The van der Waals surface area contributed by atoms with Crippen LogP contribution in [0, 0.1) is 0 Å². The molecule has 118 valence electrons. The zero-order chi connectivity index (χ0) is 16.4. The summed E-state index contributed by atoms with van der Waals surface area (Å²) in [5.74, 6) is 0.206. The van der Waals surface area contributed by atoms with E-state index in [2.05, 4.69) is 4.98 Å². The Bertz CT molecular complexity index is 916. The Hall–Kier alpha value is -1.63. The number of rotatable bonds is 5. The molecule has 0 unspecified atom stereocenters. The van der Waals surface area contributed by atoms with Gasteiger partial charge in [0, 0.05) is 17.1 Å². The predicted molar refractivity (Wildman–Crippen MR) is 96.1 cm³/mol. The maximum absolute atomic E-state index is 12.4. The summed E-state index contributed by atoms with van der Waals surface area (Å²) in [6, 6.07) is 8.61. The molecule has 23 heavy (non-hydrogen) atoms. The molecule has 0 saturated carbocycles. The van der Waals surface area contributed by atoms with Crippen molar-refractivity contribution in [1.29, 1.82) is 0 Å². The van der Waals surface area contributed by atoms with Crippen molar-refractivity contribution in [3.8, 4) is 0 Å². The summed E-state index contributed by atoms with van der Waals surface area (Å²) in [5.41, 5.74) is 1.24. The average Bonchev–Trinajstić information content (AvgIpc) is 3.02. The molecule has 3 aromatic rings. The van der Waals surface area contributed by atoms with E-state index < -0.39 is 0 Å². The summed E-state index contributed by atoms with van der Waals surface area (Å²) < 4.78 is 2.26. The molecule has 0 aliphatic heterocycles. The van der Waals surface area contributed by atoms with E-state index in [4.69, 9.17) is 11.6 Å². The van der Waals surface area contributed by atoms with Crippen LogP contribution in [0.3, 0.4) is 0 Å². The molecule has 0 amide bonds. The minimum Gasteiger partial charge on any atom is -0.293 e. The number of fused-ring (bicyclic) bond motifs is 1. The average molecular weight is 365 g/mol. The molecule has 0 bridgehead atoms. The molecule has 3 rings (SSSR count). The highest BCUT2D eigenvalue weighted by Crippen LogP contribution is 2.22. The predicted octanol–water partition coefficient (Wildman–Crippen LogP) is 4.11. The summed E-state index contributed by atoms with van der Waals surface area (Å²) in [5, 5.41) is 3.02. The van der Waals surface area contributed by atoms with Crippen LogP contribution in [-0.4, -0.2) is 21.1 Å². The third kappa shape index (κ3) is 3.34. The fourth-order valence-electron chi connectivity index (χ4n) is 2.16. The Kier molecular flexibility index (Phi) is 4.84. The van der Waals surface area contributed by atoms with Crippen molar-refractivity contribution in [3.05, 3.63) is 56.7 Å². The Balaban J connectivity index is 1.85. The number of thiophene rings is 1. The lowest BCUT2D eigenvalue weighted by atomic mass is 10.1. The van der Waals surface area contributed by atoms with Gasteiger partial charge in [0.15, 0.2) is 10.9 Å². The number of nitrogens with zero attached hydrogens (tertiary/aromatic N) is 2. The first-order valence-electron chi connectivity index (χ1n) is 6.99. The largest absolute Gasteiger partial charge is 0.293 e.